The summed E-state index contributed by atoms with van der Waals surface area (Å²) in [6, 6.07) is 1.94. The average molecular weight is 270 g/mol. The molecule has 6 nitrogen and oxygen atoms in total. The summed E-state index contributed by atoms with van der Waals surface area (Å²) in [5.41, 5.74) is 0.282. The Bertz CT molecular complexity index is 605. The summed E-state index contributed by atoms with van der Waals surface area (Å²) >= 11 is 5.82. The third kappa shape index (κ3) is 2.33. The van der Waals surface area contributed by atoms with Gasteiger partial charge in [0.2, 0.25) is 0 Å². The van der Waals surface area contributed by atoms with Gasteiger partial charge in [-0.05, 0) is 19.8 Å². The summed E-state index contributed by atoms with van der Waals surface area (Å²) in [5, 5.41) is 9.60. The first-order valence-corrected chi connectivity index (χ1v) is 6.33. The van der Waals surface area contributed by atoms with E-state index in [2.05, 4.69) is 27.4 Å². The van der Waals surface area contributed by atoms with Crippen molar-refractivity contribution in [2.24, 2.45) is 5.92 Å². The maximum Gasteiger partial charge on any atom is 0.349 e. The van der Waals surface area contributed by atoms with Gasteiger partial charge < -0.3 is 5.32 Å². The topological polar surface area (TPSA) is 75.1 Å². The number of hydrogen-bond acceptors (Lipinski definition) is 4. The standard InChI is InChI=1S/C11H16ClN5O/c1-6(5-12)7(2)13-9-4-10-15-16-11(18)17(10)8(3)14-9/h4,6-7,13H,5H2,1-3H3,(H,16,18). The monoisotopic (exact) mass is 269 g/mol. The maximum atomic E-state index is 11.5. The predicted octanol–water partition coefficient (Wildman–Crippen LogP) is 1.40. The van der Waals surface area contributed by atoms with Crippen molar-refractivity contribution in [1.29, 1.82) is 0 Å². The van der Waals surface area contributed by atoms with Gasteiger partial charge in [0, 0.05) is 18.0 Å². The van der Waals surface area contributed by atoms with E-state index in [4.69, 9.17) is 11.6 Å². The number of rotatable bonds is 4. The Morgan fingerprint density at radius 1 is 1.56 bits per heavy atom. The van der Waals surface area contributed by atoms with Crippen molar-refractivity contribution in [2.45, 2.75) is 26.8 Å². The van der Waals surface area contributed by atoms with Crippen LogP contribution in [0.5, 0.6) is 0 Å². The van der Waals surface area contributed by atoms with Gasteiger partial charge in [0.05, 0.1) is 0 Å². The molecule has 0 fully saturated rings. The number of nitrogens with zero attached hydrogens (tertiary/aromatic N) is 3. The van der Waals surface area contributed by atoms with Crippen LogP contribution in [0.15, 0.2) is 10.9 Å². The molecule has 0 aliphatic heterocycles. The van der Waals surface area contributed by atoms with Crippen LogP contribution in [0.3, 0.4) is 0 Å². The van der Waals surface area contributed by atoms with E-state index < -0.39 is 0 Å². The number of aromatic nitrogens is 4. The van der Waals surface area contributed by atoms with Gasteiger partial charge in [-0.2, -0.15) is 5.10 Å². The Kier molecular flexibility index (Phi) is 3.56. The highest BCUT2D eigenvalue weighted by molar-refractivity contribution is 6.18. The molecule has 0 saturated carbocycles. The molecule has 2 rings (SSSR count). The van der Waals surface area contributed by atoms with Crippen LogP contribution in [-0.4, -0.2) is 31.5 Å². The van der Waals surface area contributed by atoms with Crippen molar-refractivity contribution >= 4 is 23.1 Å². The van der Waals surface area contributed by atoms with Gasteiger partial charge >= 0.3 is 5.69 Å². The van der Waals surface area contributed by atoms with E-state index in [-0.39, 0.29) is 11.7 Å². The van der Waals surface area contributed by atoms with Crippen molar-refractivity contribution in [3.8, 4) is 0 Å². The molecule has 0 radical (unpaired) electrons. The molecule has 0 spiro atoms. The van der Waals surface area contributed by atoms with Crippen LogP contribution in [0.2, 0.25) is 0 Å². The summed E-state index contributed by atoms with van der Waals surface area (Å²) in [6.07, 6.45) is 0. The van der Waals surface area contributed by atoms with Crippen molar-refractivity contribution in [3.63, 3.8) is 0 Å². The lowest BCUT2D eigenvalue weighted by atomic mass is 10.1. The van der Waals surface area contributed by atoms with Gasteiger partial charge in [-0.3, -0.25) is 0 Å². The first kappa shape index (κ1) is 12.9. The van der Waals surface area contributed by atoms with Gasteiger partial charge in [-0.1, -0.05) is 6.92 Å². The second-order valence-electron chi connectivity index (χ2n) is 4.48. The molecule has 7 heteroatoms. The van der Waals surface area contributed by atoms with E-state index in [1.807, 2.05) is 6.92 Å². The van der Waals surface area contributed by atoms with Gasteiger partial charge in [0.25, 0.3) is 0 Å². The number of anilines is 1. The fourth-order valence-corrected chi connectivity index (χ4v) is 1.95. The smallest absolute Gasteiger partial charge is 0.349 e. The van der Waals surface area contributed by atoms with Crippen molar-refractivity contribution < 1.29 is 0 Å². The minimum Gasteiger partial charge on any atom is -0.367 e. The second kappa shape index (κ2) is 4.97. The van der Waals surface area contributed by atoms with Crippen molar-refractivity contribution in [1.82, 2.24) is 19.6 Å². The van der Waals surface area contributed by atoms with Crippen molar-refractivity contribution in [3.05, 3.63) is 22.4 Å². The third-order valence-corrected chi connectivity index (χ3v) is 3.53. The van der Waals surface area contributed by atoms with Crippen LogP contribution in [-0.2, 0) is 0 Å². The minimum atomic E-state index is -0.274. The first-order chi connectivity index (χ1) is 8.52. The predicted molar refractivity (Wildman–Crippen MR) is 71.3 cm³/mol. The number of hydrogen-bond donors (Lipinski definition) is 2. The van der Waals surface area contributed by atoms with Gasteiger partial charge in [0.1, 0.15) is 11.6 Å². The highest BCUT2D eigenvalue weighted by atomic mass is 35.5. The molecule has 0 aliphatic carbocycles. The summed E-state index contributed by atoms with van der Waals surface area (Å²) in [6.45, 7) is 5.88. The van der Waals surface area contributed by atoms with Crippen LogP contribution < -0.4 is 11.0 Å². The summed E-state index contributed by atoms with van der Waals surface area (Å²) in [5.74, 6) is 2.20. The van der Waals surface area contributed by atoms with E-state index in [1.54, 1.807) is 13.0 Å². The summed E-state index contributed by atoms with van der Waals surface area (Å²) in [4.78, 5) is 15.8. The fourth-order valence-electron chi connectivity index (χ4n) is 1.68. The molecule has 0 aromatic carbocycles. The third-order valence-electron chi connectivity index (χ3n) is 3.04. The summed E-state index contributed by atoms with van der Waals surface area (Å²) in [7, 11) is 0. The Hall–Kier alpha value is -1.56. The number of aryl methyl sites for hydroxylation is 1. The summed E-state index contributed by atoms with van der Waals surface area (Å²) < 4.78 is 1.43. The van der Waals surface area contributed by atoms with Gasteiger partial charge in [-0.15, -0.1) is 11.6 Å². The number of fused-ring (bicyclic) bond motifs is 1. The van der Waals surface area contributed by atoms with E-state index >= 15 is 0 Å². The Morgan fingerprint density at radius 2 is 2.28 bits per heavy atom. The molecular weight excluding hydrogens is 254 g/mol. The highest BCUT2D eigenvalue weighted by Gasteiger charge is 2.13. The number of H-pyrrole nitrogens is 1. The van der Waals surface area contributed by atoms with Crippen LogP contribution >= 0.6 is 11.6 Å². The zero-order valence-electron chi connectivity index (χ0n) is 10.6. The molecule has 0 bridgehead atoms. The Balaban J connectivity index is 2.33. The van der Waals surface area contributed by atoms with Gasteiger partial charge in [0.15, 0.2) is 5.65 Å². The number of alkyl halides is 1. The number of halogens is 1. The molecule has 0 amide bonds. The molecule has 0 aliphatic rings. The van der Waals surface area contributed by atoms with E-state index in [0.29, 0.717) is 29.1 Å². The molecule has 2 heterocycles. The molecule has 2 aromatic heterocycles. The van der Waals surface area contributed by atoms with E-state index in [0.717, 1.165) is 0 Å². The minimum absolute atomic E-state index is 0.197. The molecule has 18 heavy (non-hydrogen) atoms. The van der Waals surface area contributed by atoms with Crippen LogP contribution in [0, 0.1) is 12.8 Å². The Labute approximate surface area is 109 Å². The second-order valence-corrected chi connectivity index (χ2v) is 4.78. The molecular formula is C11H16ClN5O. The lowest BCUT2D eigenvalue weighted by molar-refractivity contribution is 0.564. The zero-order chi connectivity index (χ0) is 13.3. The number of aromatic amines is 1. The lowest BCUT2D eigenvalue weighted by Gasteiger charge is -2.19. The number of nitrogens with one attached hydrogen (secondary N) is 2. The zero-order valence-corrected chi connectivity index (χ0v) is 11.3. The van der Waals surface area contributed by atoms with E-state index in [1.165, 1.54) is 4.40 Å². The quantitative estimate of drug-likeness (QED) is 0.823. The molecule has 2 aromatic rings. The normalized spacial score (nSPS) is 14.7. The molecule has 2 atom stereocenters. The van der Waals surface area contributed by atoms with Crippen molar-refractivity contribution in [2.75, 3.05) is 11.2 Å². The van der Waals surface area contributed by atoms with Gasteiger partial charge in [-0.25, -0.2) is 19.3 Å². The lowest BCUT2D eigenvalue weighted by Crippen LogP contribution is -2.26. The maximum absolute atomic E-state index is 11.5. The molecule has 2 unspecified atom stereocenters. The largest absolute Gasteiger partial charge is 0.367 e. The fraction of sp³-hybridized carbons (Fsp3) is 0.545. The molecule has 0 saturated heterocycles. The van der Waals surface area contributed by atoms with Crippen LogP contribution in [0.25, 0.3) is 5.65 Å². The SMILES string of the molecule is Cc1nc(NC(C)C(C)CCl)cc2n[nH]c(=O)n12. The van der Waals surface area contributed by atoms with Crippen LogP contribution in [0.4, 0.5) is 5.82 Å². The highest BCUT2D eigenvalue weighted by Crippen LogP contribution is 2.13. The average Bonchev–Trinajstić information content (AvgIpc) is 2.70. The Morgan fingerprint density at radius 3 is 2.94 bits per heavy atom. The molecule has 98 valence electrons. The first-order valence-electron chi connectivity index (χ1n) is 5.80. The van der Waals surface area contributed by atoms with Crippen LogP contribution in [0.1, 0.15) is 19.7 Å². The molecule has 2 N–H and O–H groups in total. The van der Waals surface area contributed by atoms with E-state index in [9.17, 15) is 4.79 Å².